The zero-order valence-electron chi connectivity index (χ0n) is 11.6. The molecule has 2 fully saturated rings. The van der Waals surface area contributed by atoms with E-state index in [1.54, 1.807) is 0 Å². The minimum atomic E-state index is -0.863. The topological polar surface area (TPSA) is 71.4 Å². The van der Waals surface area contributed by atoms with Gasteiger partial charge in [-0.3, -0.25) is 14.4 Å². The van der Waals surface area contributed by atoms with E-state index in [0.717, 1.165) is 6.42 Å². The second-order valence-corrected chi connectivity index (χ2v) is 6.24. The highest BCUT2D eigenvalue weighted by atomic mass is 16.4. The molecule has 0 spiro atoms. The van der Waals surface area contributed by atoms with E-state index in [4.69, 9.17) is 5.11 Å². The van der Waals surface area contributed by atoms with E-state index in [9.17, 15) is 14.4 Å². The van der Waals surface area contributed by atoms with Crippen molar-refractivity contribution < 1.29 is 19.5 Å². The molecule has 4 heteroatoms. The van der Waals surface area contributed by atoms with E-state index in [1.807, 2.05) is 6.92 Å². The first-order chi connectivity index (χ1) is 8.90. The highest BCUT2D eigenvalue weighted by Crippen LogP contribution is 2.55. The first-order valence-corrected chi connectivity index (χ1v) is 7.18. The monoisotopic (exact) mass is 266 g/mol. The van der Waals surface area contributed by atoms with E-state index in [-0.39, 0.29) is 35.7 Å². The van der Waals surface area contributed by atoms with Gasteiger partial charge in [-0.2, -0.15) is 0 Å². The third-order valence-electron chi connectivity index (χ3n) is 5.26. The zero-order chi connectivity index (χ0) is 14.2. The summed E-state index contributed by atoms with van der Waals surface area (Å²) in [4.78, 5) is 35.2. The molecule has 0 heterocycles. The number of carboxylic acids is 1. The van der Waals surface area contributed by atoms with Gasteiger partial charge < -0.3 is 5.11 Å². The van der Waals surface area contributed by atoms with Crippen molar-refractivity contribution in [3.05, 3.63) is 0 Å². The number of rotatable bonds is 4. The van der Waals surface area contributed by atoms with Gasteiger partial charge in [-0.15, -0.1) is 0 Å². The van der Waals surface area contributed by atoms with Gasteiger partial charge in [0.05, 0.1) is 0 Å². The summed E-state index contributed by atoms with van der Waals surface area (Å²) >= 11 is 0. The van der Waals surface area contributed by atoms with Crippen molar-refractivity contribution in [3.63, 3.8) is 0 Å². The Morgan fingerprint density at radius 3 is 2.68 bits per heavy atom. The molecule has 0 aliphatic heterocycles. The van der Waals surface area contributed by atoms with Crippen LogP contribution in [-0.2, 0) is 14.4 Å². The van der Waals surface area contributed by atoms with Gasteiger partial charge in [0.25, 0.3) is 0 Å². The lowest BCUT2D eigenvalue weighted by Gasteiger charge is -2.41. The number of hydrogen-bond acceptors (Lipinski definition) is 3. The van der Waals surface area contributed by atoms with Crippen molar-refractivity contribution in [1.29, 1.82) is 0 Å². The summed E-state index contributed by atoms with van der Waals surface area (Å²) in [7, 11) is 0. The highest BCUT2D eigenvalue weighted by Gasteiger charge is 2.57. The fourth-order valence-electron chi connectivity index (χ4n) is 4.17. The fraction of sp³-hybridized carbons (Fsp3) is 0.800. The fourth-order valence-corrected chi connectivity index (χ4v) is 4.17. The smallest absolute Gasteiger partial charge is 0.303 e. The van der Waals surface area contributed by atoms with E-state index in [0.29, 0.717) is 25.7 Å². The standard InChI is InChI=1S/C15H22O4/c1-3-9-8-12(17)15(2)7-6-11(16)10(14(9)15)4-5-13(18)19/h9-10,14H,3-8H2,1-2H3,(H,18,19)/t9-,10?,14?,15?/m0/s1. The van der Waals surface area contributed by atoms with Gasteiger partial charge >= 0.3 is 5.97 Å². The number of Topliss-reactive ketones (excluding diaryl/α,β-unsaturated/α-hetero) is 2. The van der Waals surface area contributed by atoms with Crippen molar-refractivity contribution >= 4 is 17.5 Å². The molecule has 19 heavy (non-hydrogen) atoms. The molecule has 0 amide bonds. The molecule has 0 aromatic carbocycles. The summed E-state index contributed by atoms with van der Waals surface area (Å²) in [6, 6.07) is 0. The summed E-state index contributed by atoms with van der Waals surface area (Å²) < 4.78 is 0. The average Bonchev–Trinajstić information content (AvgIpc) is 2.61. The summed E-state index contributed by atoms with van der Waals surface area (Å²) in [5, 5.41) is 8.83. The third kappa shape index (κ3) is 2.33. The normalized spacial score (nSPS) is 38.3. The predicted octanol–water partition coefficient (Wildman–Crippen LogP) is 2.45. The Hall–Kier alpha value is -1.19. The molecule has 3 unspecified atom stereocenters. The van der Waals surface area contributed by atoms with E-state index < -0.39 is 11.4 Å². The Morgan fingerprint density at radius 2 is 2.11 bits per heavy atom. The van der Waals surface area contributed by atoms with Crippen LogP contribution in [-0.4, -0.2) is 22.6 Å². The number of carbonyl (C=O) groups is 3. The highest BCUT2D eigenvalue weighted by molar-refractivity contribution is 5.92. The minimum Gasteiger partial charge on any atom is -0.481 e. The van der Waals surface area contributed by atoms with Crippen LogP contribution in [0.5, 0.6) is 0 Å². The Kier molecular flexibility index (Phi) is 3.79. The lowest BCUT2D eigenvalue weighted by molar-refractivity contribution is -0.140. The lowest BCUT2D eigenvalue weighted by atomic mass is 9.60. The van der Waals surface area contributed by atoms with Crippen LogP contribution in [0.15, 0.2) is 0 Å². The number of ketones is 2. The van der Waals surface area contributed by atoms with Gasteiger partial charge in [-0.25, -0.2) is 0 Å². The molecule has 0 radical (unpaired) electrons. The molecule has 0 aromatic rings. The molecule has 0 aromatic heterocycles. The molecule has 106 valence electrons. The summed E-state index contributed by atoms with van der Waals surface area (Å²) in [6.07, 6.45) is 2.94. The maximum atomic E-state index is 12.3. The van der Waals surface area contributed by atoms with Crippen molar-refractivity contribution in [3.8, 4) is 0 Å². The number of aliphatic carboxylic acids is 1. The van der Waals surface area contributed by atoms with Crippen molar-refractivity contribution in [2.24, 2.45) is 23.2 Å². The molecule has 2 aliphatic carbocycles. The third-order valence-corrected chi connectivity index (χ3v) is 5.26. The number of carbonyl (C=O) groups excluding carboxylic acids is 2. The van der Waals surface area contributed by atoms with E-state index in [2.05, 4.69) is 6.92 Å². The lowest BCUT2D eigenvalue weighted by Crippen LogP contribution is -2.43. The first-order valence-electron chi connectivity index (χ1n) is 7.18. The first kappa shape index (κ1) is 14.2. The van der Waals surface area contributed by atoms with Gasteiger partial charge in [-0.1, -0.05) is 20.3 Å². The second-order valence-electron chi connectivity index (χ2n) is 6.24. The van der Waals surface area contributed by atoms with Gasteiger partial charge in [0.1, 0.15) is 11.6 Å². The second kappa shape index (κ2) is 5.06. The SMILES string of the molecule is CC[C@H]1CC(=O)C2(C)CCC(=O)C(CCC(=O)O)C12. The van der Waals surface area contributed by atoms with Crippen LogP contribution in [0, 0.1) is 23.2 Å². The van der Waals surface area contributed by atoms with E-state index >= 15 is 0 Å². The van der Waals surface area contributed by atoms with Gasteiger partial charge in [-0.05, 0) is 24.7 Å². The van der Waals surface area contributed by atoms with Crippen molar-refractivity contribution in [2.75, 3.05) is 0 Å². The van der Waals surface area contributed by atoms with Crippen LogP contribution in [0.4, 0.5) is 0 Å². The van der Waals surface area contributed by atoms with Crippen molar-refractivity contribution in [1.82, 2.24) is 0 Å². The molecular weight excluding hydrogens is 244 g/mol. The number of hydrogen-bond donors (Lipinski definition) is 1. The van der Waals surface area contributed by atoms with E-state index in [1.165, 1.54) is 0 Å². The molecule has 2 aliphatic rings. The Bertz CT molecular complexity index is 414. The van der Waals surface area contributed by atoms with Crippen LogP contribution in [0.2, 0.25) is 0 Å². The quantitative estimate of drug-likeness (QED) is 0.848. The number of carboxylic acid groups (broad SMARTS) is 1. The molecule has 4 atom stereocenters. The van der Waals surface area contributed by atoms with Crippen LogP contribution < -0.4 is 0 Å². The zero-order valence-corrected chi connectivity index (χ0v) is 11.6. The molecule has 4 nitrogen and oxygen atoms in total. The van der Waals surface area contributed by atoms with Crippen LogP contribution >= 0.6 is 0 Å². The Labute approximate surface area is 113 Å². The maximum absolute atomic E-state index is 12.3. The largest absolute Gasteiger partial charge is 0.481 e. The maximum Gasteiger partial charge on any atom is 0.303 e. The minimum absolute atomic E-state index is 0.0214. The summed E-state index contributed by atoms with van der Waals surface area (Å²) in [5.74, 6) is -0.344. The summed E-state index contributed by atoms with van der Waals surface area (Å²) in [6.45, 7) is 4.03. The van der Waals surface area contributed by atoms with Gasteiger partial charge in [0.2, 0.25) is 0 Å². The molecule has 2 rings (SSSR count). The Morgan fingerprint density at radius 1 is 1.42 bits per heavy atom. The molecule has 1 N–H and O–H groups in total. The number of fused-ring (bicyclic) bond motifs is 1. The van der Waals surface area contributed by atoms with Crippen LogP contribution in [0.25, 0.3) is 0 Å². The molecule has 0 saturated heterocycles. The van der Waals surface area contributed by atoms with Gasteiger partial charge in [0, 0.05) is 30.6 Å². The average molecular weight is 266 g/mol. The van der Waals surface area contributed by atoms with Crippen LogP contribution in [0.3, 0.4) is 0 Å². The van der Waals surface area contributed by atoms with Crippen molar-refractivity contribution in [2.45, 2.75) is 52.4 Å². The molecule has 2 saturated carbocycles. The molecule has 0 bridgehead atoms. The predicted molar refractivity (Wildman–Crippen MR) is 69.6 cm³/mol. The van der Waals surface area contributed by atoms with Crippen LogP contribution in [0.1, 0.15) is 52.4 Å². The van der Waals surface area contributed by atoms with Gasteiger partial charge in [0.15, 0.2) is 0 Å². The Balaban J connectivity index is 2.26. The molecular formula is C15H22O4. The summed E-state index contributed by atoms with van der Waals surface area (Å²) in [5.41, 5.74) is -0.391.